The summed E-state index contributed by atoms with van der Waals surface area (Å²) in [6.07, 6.45) is 0.562. The highest BCUT2D eigenvalue weighted by Gasteiger charge is 2.40. The molecule has 2 heterocycles. The highest BCUT2D eigenvalue weighted by molar-refractivity contribution is 7.99. The van der Waals surface area contributed by atoms with Crippen LogP contribution >= 0.6 is 11.8 Å². The second-order valence-corrected chi connectivity index (χ2v) is 9.11. The largest absolute Gasteiger partial charge is 0.406 e. The van der Waals surface area contributed by atoms with Crippen molar-refractivity contribution in [3.05, 3.63) is 54.4 Å². The molecule has 1 aromatic carbocycles. The highest BCUT2D eigenvalue weighted by atomic mass is 32.2. The maximum absolute atomic E-state index is 13.2. The van der Waals surface area contributed by atoms with Crippen molar-refractivity contribution in [1.29, 1.82) is 0 Å². The first-order chi connectivity index (χ1) is 15.7. The lowest BCUT2D eigenvalue weighted by Crippen LogP contribution is -2.46. The van der Waals surface area contributed by atoms with Crippen LogP contribution in [0.25, 0.3) is 17.1 Å². The first-order valence-electron chi connectivity index (χ1n) is 10.7. The van der Waals surface area contributed by atoms with Crippen molar-refractivity contribution in [2.45, 2.75) is 44.1 Å². The number of hydrogen-bond donors (Lipinski definition) is 0. The fourth-order valence-electron chi connectivity index (χ4n) is 3.78. The molecule has 0 aliphatic heterocycles. The molecule has 6 nitrogen and oxygen atoms in total. The van der Waals surface area contributed by atoms with Crippen molar-refractivity contribution < 1.29 is 18.0 Å². The van der Waals surface area contributed by atoms with Crippen LogP contribution < -0.4 is 0 Å². The fourth-order valence-corrected chi connectivity index (χ4v) is 4.61. The number of pyridine rings is 1. The normalized spacial score (nSPS) is 14.8. The SMILES string of the molecule is Cc1ccccc1-n1c(SCC(=O)N(CC(F)(F)F)C(C)C2CC2)nnc1-c1ccncc1. The van der Waals surface area contributed by atoms with E-state index in [0.29, 0.717) is 11.0 Å². The van der Waals surface area contributed by atoms with E-state index in [2.05, 4.69) is 15.2 Å². The molecular formula is C23H24F3N5OS. The molecule has 1 aliphatic rings. The quantitative estimate of drug-likeness (QED) is 0.433. The smallest absolute Gasteiger partial charge is 0.330 e. The van der Waals surface area contributed by atoms with E-state index in [-0.39, 0.29) is 11.7 Å². The molecule has 33 heavy (non-hydrogen) atoms. The lowest BCUT2D eigenvalue weighted by atomic mass is 10.2. The Labute approximate surface area is 194 Å². The predicted molar refractivity (Wildman–Crippen MR) is 120 cm³/mol. The maximum atomic E-state index is 13.2. The number of amides is 1. The van der Waals surface area contributed by atoms with Crippen LogP contribution in [0, 0.1) is 12.8 Å². The number of carbonyl (C=O) groups is 1. The van der Waals surface area contributed by atoms with Gasteiger partial charge in [-0.3, -0.25) is 14.3 Å². The summed E-state index contributed by atoms with van der Waals surface area (Å²) in [7, 11) is 0. The summed E-state index contributed by atoms with van der Waals surface area (Å²) < 4.78 is 41.3. The van der Waals surface area contributed by atoms with Crippen molar-refractivity contribution >= 4 is 17.7 Å². The molecule has 1 fully saturated rings. The molecule has 1 atom stereocenters. The minimum absolute atomic E-state index is 0.134. The Kier molecular flexibility index (Phi) is 6.73. The fraction of sp³-hybridized carbons (Fsp3) is 0.391. The summed E-state index contributed by atoms with van der Waals surface area (Å²) in [6.45, 7) is 2.41. The standard InChI is InChI=1S/C23H24F3N5OS/c1-15-5-3-4-6-19(15)31-21(18-9-11-27-12-10-18)28-29-22(31)33-13-20(32)30(14-23(24,25)26)16(2)17-7-8-17/h3-6,9-12,16-17H,7-8,13-14H2,1-2H3. The molecule has 1 aliphatic carbocycles. The van der Waals surface area contributed by atoms with Gasteiger partial charge in [-0.25, -0.2) is 0 Å². The van der Waals surface area contributed by atoms with E-state index in [1.165, 1.54) is 0 Å². The molecule has 2 aromatic heterocycles. The van der Waals surface area contributed by atoms with Gasteiger partial charge < -0.3 is 4.90 Å². The average Bonchev–Trinajstić information content (AvgIpc) is 3.55. The van der Waals surface area contributed by atoms with E-state index >= 15 is 0 Å². The van der Waals surface area contributed by atoms with E-state index in [1.54, 1.807) is 31.5 Å². The van der Waals surface area contributed by atoms with Gasteiger partial charge in [0.05, 0.1) is 11.4 Å². The molecule has 0 saturated heterocycles. The summed E-state index contributed by atoms with van der Waals surface area (Å²) in [4.78, 5) is 17.9. The molecule has 0 radical (unpaired) electrons. The number of hydrogen-bond acceptors (Lipinski definition) is 5. The van der Waals surface area contributed by atoms with Gasteiger partial charge in [-0.1, -0.05) is 30.0 Å². The Balaban J connectivity index is 1.62. The zero-order chi connectivity index (χ0) is 23.6. The molecule has 1 amide bonds. The number of alkyl halides is 3. The lowest BCUT2D eigenvalue weighted by Gasteiger charge is -2.30. The van der Waals surface area contributed by atoms with Crippen LogP contribution in [0.5, 0.6) is 0 Å². The number of aromatic nitrogens is 4. The Morgan fingerprint density at radius 1 is 1.18 bits per heavy atom. The van der Waals surface area contributed by atoms with Gasteiger partial charge in [0.25, 0.3) is 0 Å². The zero-order valence-electron chi connectivity index (χ0n) is 18.3. The minimum atomic E-state index is -4.45. The Morgan fingerprint density at radius 2 is 1.88 bits per heavy atom. The zero-order valence-corrected chi connectivity index (χ0v) is 19.1. The minimum Gasteiger partial charge on any atom is -0.330 e. The number of halogens is 3. The monoisotopic (exact) mass is 475 g/mol. The third kappa shape index (κ3) is 5.55. The van der Waals surface area contributed by atoms with Crippen LogP contribution in [0.1, 0.15) is 25.3 Å². The van der Waals surface area contributed by atoms with Crippen LogP contribution in [-0.4, -0.2) is 55.1 Å². The van der Waals surface area contributed by atoms with E-state index in [0.717, 1.165) is 46.3 Å². The van der Waals surface area contributed by atoms with Gasteiger partial charge in [0.2, 0.25) is 5.91 Å². The molecule has 0 N–H and O–H groups in total. The van der Waals surface area contributed by atoms with Gasteiger partial charge >= 0.3 is 6.18 Å². The van der Waals surface area contributed by atoms with Crippen molar-refractivity contribution in [2.75, 3.05) is 12.3 Å². The Morgan fingerprint density at radius 3 is 2.52 bits per heavy atom. The maximum Gasteiger partial charge on any atom is 0.406 e. The number of para-hydroxylation sites is 1. The Bertz CT molecular complexity index is 1110. The van der Waals surface area contributed by atoms with Gasteiger partial charge in [-0.15, -0.1) is 10.2 Å². The van der Waals surface area contributed by atoms with Gasteiger partial charge in [-0.2, -0.15) is 13.2 Å². The summed E-state index contributed by atoms with van der Waals surface area (Å²) >= 11 is 1.09. The average molecular weight is 476 g/mol. The molecule has 1 unspecified atom stereocenters. The summed E-state index contributed by atoms with van der Waals surface area (Å²) in [6, 6.07) is 10.8. The molecule has 4 rings (SSSR count). The first-order valence-corrected chi connectivity index (χ1v) is 11.6. The van der Waals surface area contributed by atoms with Crippen LogP contribution in [0.3, 0.4) is 0 Å². The van der Waals surface area contributed by atoms with Crippen molar-refractivity contribution in [3.8, 4) is 17.1 Å². The van der Waals surface area contributed by atoms with E-state index in [4.69, 9.17) is 0 Å². The van der Waals surface area contributed by atoms with Gasteiger partial charge in [0.1, 0.15) is 6.54 Å². The molecule has 0 bridgehead atoms. The summed E-state index contributed by atoms with van der Waals surface area (Å²) in [5.74, 6) is -0.00934. The Hall–Kier alpha value is -2.88. The van der Waals surface area contributed by atoms with E-state index in [9.17, 15) is 18.0 Å². The van der Waals surface area contributed by atoms with Gasteiger partial charge in [0.15, 0.2) is 11.0 Å². The molecule has 174 valence electrons. The number of aryl methyl sites for hydroxylation is 1. The lowest BCUT2D eigenvalue weighted by molar-refractivity contribution is -0.164. The van der Waals surface area contributed by atoms with Gasteiger partial charge in [0, 0.05) is 24.0 Å². The molecule has 10 heteroatoms. The summed E-state index contributed by atoms with van der Waals surface area (Å²) in [5.41, 5.74) is 2.60. The molecular weight excluding hydrogens is 451 g/mol. The van der Waals surface area contributed by atoms with Gasteiger partial charge in [-0.05, 0) is 56.4 Å². The number of nitrogens with zero attached hydrogens (tertiary/aromatic N) is 5. The predicted octanol–water partition coefficient (Wildman–Crippen LogP) is 4.92. The third-order valence-corrected chi connectivity index (χ3v) is 6.63. The van der Waals surface area contributed by atoms with Crippen molar-refractivity contribution in [2.24, 2.45) is 5.92 Å². The second kappa shape index (κ2) is 9.54. The number of benzene rings is 1. The van der Waals surface area contributed by atoms with Crippen LogP contribution in [0.4, 0.5) is 13.2 Å². The number of rotatable bonds is 8. The molecule has 0 spiro atoms. The van der Waals surface area contributed by atoms with Crippen LogP contribution in [-0.2, 0) is 4.79 Å². The van der Waals surface area contributed by atoms with Crippen LogP contribution in [0.2, 0.25) is 0 Å². The van der Waals surface area contributed by atoms with Crippen molar-refractivity contribution in [3.63, 3.8) is 0 Å². The van der Waals surface area contributed by atoms with Crippen LogP contribution in [0.15, 0.2) is 53.9 Å². The first kappa shape index (κ1) is 23.3. The topological polar surface area (TPSA) is 63.9 Å². The number of thioether (sulfide) groups is 1. The molecule has 1 saturated carbocycles. The highest BCUT2D eigenvalue weighted by Crippen LogP contribution is 2.37. The van der Waals surface area contributed by atoms with Crippen molar-refractivity contribution in [1.82, 2.24) is 24.6 Å². The third-order valence-electron chi connectivity index (χ3n) is 5.72. The summed E-state index contributed by atoms with van der Waals surface area (Å²) in [5, 5.41) is 9.03. The molecule has 3 aromatic rings. The second-order valence-electron chi connectivity index (χ2n) is 8.17. The van der Waals surface area contributed by atoms with E-state index in [1.807, 2.05) is 35.8 Å². The number of carbonyl (C=O) groups excluding carboxylic acids is 1. The van der Waals surface area contributed by atoms with E-state index < -0.39 is 24.7 Å².